The third-order valence-corrected chi connectivity index (χ3v) is 8.73. The van der Waals surface area contributed by atoms with E-state index in [-0.39, 0.29) is 5.04 Å². The van der Waals surface area contributed by atoms with Crippen LogP contribution in [0.1, 0.15) is 47.5 Å². The summed E-state index contributed by atoms with van der Waals surface area (Å²) < 4.78 is 11.5. The lowest BCUT2D eigenvalue weighted by Crippen LogP contribution is -2.40. The Hall–Kier alpha value is -0.823. The van der Waals surface area contributed by atoms with Crippen LogP contribution in [-0.4, -0.2) is 28.1 Å². The first-order chi connectivity index (χ1) is 10.1. The summed E-state index contributed by atoms with van der Waals surface area (Å²) in [5.74, 6) is 2.47. The van der Waals surface area contributed by atoms with Crippen molar-refractivity contribution in [1.82, 2.24) is 0 Å². The molecule has 0 aromatic rings. The molecule has 0 bridgehead atoms. The first-order valence-electron chi connectivity index (χ1n) is 8.06. The fourth-order valence-electron chi connectivity index (χ4n) is 1.59. The van der Waals surface area contributed by atoms with Crippen LogP contribution < -0.4 is 0 Å². The molecule has 22 heavy (non-hydrogen) atoms. The standard InChI is InChI=1S/C19H34O2Si/c1-9-14-20-16-18(3)12-10-11-17(2)13-15-21-22(7,8)19(4,5)6/h1,12-13H,10-11,14-16H2,2-8H3/b17-13+,18-12+. The summed E-state index contributed by atoms with van der Waals surface area (Å²) in [7, 11) is -1.63. The van der Waals surface area contributed by atoms with Gasteiger partial charge in [0.25, 0.3) is 0 Å². The minimum atomic E-state index is -1.63. The van der Waals surface area contributed by atoms with Gasteiger partial charge in [-0.1, -0.05) is 50.0 Å². The topological polar surface area (TPSA) is 18.5 Å². The summed E-state index contributed by atoms with van der Waals surface area (Å²) in [5, 5.41) is 0.271. The Morgan fingerprint density at radius 3 is 2.32 bits per heavy atom. The maximum Gasteiger partial charge on any atom is 0.192 e. The van der Waals surface area contributed by atoms with E-state index in [9.17, 15) is 0 Å². The molecule has 0 fully saturated rings. The van der Waals surface area contributed by atoms with Crippen molar-refractivity contribution in [3.8, 4) is 12.3 Å². The molecule has 0 aliphatic carbocycles. The molecule has 0 N–H and O–H groups in total. The molecule has 0 heterocycles. The summed E-state index contributed by atoms with van der Waals surface area (Å²) in [5.41, 5.74) is 2.62. The highest BCUT2D eigenvalue weighted by atomic mass is 28.4. The summed E-state index contributed by atoms with van der Waals surface area (Å²) in [4.78, 5) is 0. The second kappa shape index (κ2) is 10.0. The third-order valence-electron chi connectivity index (χ3n) is 4.23. The van der Waals surface area contributed by atoms with Gasteiger partial charge in [-0.25, -0.2) is 0 Å². The average Bonchev–Trinajstić information content (AvgIpc) is 2.37. The van der Waals surface area contributed by atoms with Gasteiger partial charge in [0.15, 0.2) is 8.32 Å². The molecule has 0 aliphatic heterocycles. The van der Waals surface area contributed by atoms with Crippen LogP contribution in [0.15, 0.2) is 23.3 Å². The molecule has 0 aliphatic rings. The molecule has 0 aromatic carbocycles. The second-order valence-electron chi connectivity index (χ2n) is 7.41. The van der Waals surface area contributed by atoms with Crippen LogP contribution in [-0.2, 0) is 9.16 Å². The molecule has 0 aromatic heterocycles. The van der Waals surface area contributed by atoms with Crippen molar-refractivity contribution in [2.75, 3.05) is 19.8 Å². The van der Waals surface area contributed by atoms with Gasteiger partial charge in [0.05, 0.1) is 13.2 Å². The van der Waals surface area contributed by atoms with Crippen LogP contribution in [0.25, 0.3) is 0 Å². The van der Waals surface area contributed by atoms with E-state index in [1.54, 1.807) is 0 Å². The lowest BCUT2D eigenvalue weighted by Gasteiger charge is -2.35. The van der Waals surface area contributed by atoms with Gasteiger partial charge in [-0.3, -0.25) is 0 Å². The molecule has 0 saturated carbocycles. The molecule has 0 unspecified atom stereocenters. The van der Waals surface area contributed by atoms with Gasteiger partial charge >= 0.3 is 0 Å². The highest BCUT2D eigenvalue weighted by Crippen LogP contribution is 2.36. The van der Waals surface area contributed by atoms with Gasteiger partial charge in [0.1, 0.15) is 6.61 Å². The lowest BCUT2D eigenvalue weighted by molar-refractivity contribution is 0.192. The van der Waals surface area contributed by atoms with E-state index < -0.39 is 8.32 Å². The van der Waals surface area contributed by atoms with Gasteiger partial charge in [0, 0.05) is 0 Å². The van der Waals surface area contributed by atoms with Crippen LogP contribution in [0.3, 0.4) is 0 Å². The maximum atomic E-state index is 6.17. The van der Waals surface area contributed by atoms with Crippen LogP contribution >= 0.6 is 0 Å². The second-order valence-corrected chi connectivity index (χ2v) is 12.2. The molecule has 2 nitrogen and oxygen atoms in total. The highest BCUT2D eigenvalue weighted by molar-refractivity contribution is 6.74. The molecular weight excluding hydrogens is 288 g/mol. The molecule has 0 radical (unpaired) electrons. The molecule has 3 heteroatoms. The lowest BCUT2D eigenvalue weighted by atomic mass is 10.1. The maximum absolute atomic E-state index is 6.17. The van der Waals surface area contributed by atoms with Gasteiger partial charge in [-0.2, -0.15) is 0 Å². The predicted molar refractivity (Wildman–Crippen MR) is 99.5 cm³/mol. The van der Waals surface area contributed by atoms with Crippen molar-refractivity contribution in [1.29, 1.82) is 0 Å². The SMILES string of the molecule is C#CCOC/C(C)=C/CC/C(C)=C/CO[Si](C)(C)C(C)(C)C. The highest BCUT2D eigenvalue weighted by Gasteiger charge is 2.36. The van der Waals surface area contributed by atoms with Crippen molar-refractivity contribution < 1.29 is 9.16 Å². The largest absolute Gasteiger partial charge is 0.413 e. The van der Waals surface area contributed by atoms with Gasteiger partial charge < -0.3 is 9.16 Å². The fourth-order valence-corrected chi connectivity index (χ4v) is 2.52. The van der Waals surface area contributed by atoms with E-state index in [4.69, 9.17) is 15.6 Å². The average molecular weight is 323 g/mol. The Bertz CT molecular complexity index is 420. The Kier molecular flexibility index (Phi) is 9.67. The van der Waals surface area contributed by atoms with Crippen molar-refractivity contribution >= 4 is 8.32 Å². The molecular formula is C19H34O2Si. The zero-order valence-corrected chi connectivity index (χ0v) is 16.6. The normalized spacial score (nSPS) is 14.1. The van der Waals surface area contributed by atoms with E-state index in [0.717, 1.165) is 19.4 Å². The summed E-state index contributed by atoms with van der Waals surface area (Å²) >= 11 is 0. The monoisotopic (exact) mass is 322 g/mol. The Labute approximate surface area is 139 Å². The Morgan fingerprint density at radius 2 is 1.77 bits per heavy atom. The van der Waals surface area contributed by atoms with Gasteiger partial charge in [0.2, 0.25) is 0 Å². The Balaban J connectivity index is 4.10. The number of hydrogen-bond acceptors (Lipinski definition) is 2. The van der Waals surface area contributed by atoms with Crippen molar-refractivity contribution in [2.45, 2.75) is 65.6 Å². The predicted octanol–water partition coefficient (Wildman–Crippen LogP) is 5.33. The molecule has 0 spiro atoms. The van der Waals surface area contributed by atoms with Crippen LogP contribution in [0.4, 0.5) is 0 Å². The zero-order valence-electron chi connectivity index (χ0n) is 15.6. The van der Waals surface area contributed by atoms with E-state index in [1.165, 1.54) is 11.1 Å². The summed E-state index contributed by atoms with van der Waals surface area (Å²) in [6.07, 6.45) is 11.7. The van der Waals surface area contributed by atoms with E-state index in [0.29, 0.717) is 13.2 Å². The molecule has 0 amide bonds. The number of hydrogen-bond donors (Lipinski definition) is 0. The zero-order chi connectivity index (χ0) is 17.2. The van der Waals surface area contributed by atoms with E-state index in [2.05, 4.69) is 65.8 Å². The van der Waals surface area contributed by atoms with E-state index in [1.807, 2.05) is 0 Å². The Morgan fingerprint density at radius 1 is 1.14 bits per heavy atom. The van der Waals surface area contributed by atoms with Crippen LogP contribution in [0.2, 0.25) is 18.1 Å². The first kappa shape index (κ1) is 21.2. The summed E-state index contributed by atoms with van der Waals surface area (Å²) in [6.45, 7) is 17.4. The van der Waals surface area contributed by atoms with E-state index >= 15 is 0 Å². The van der Waals surface area contributed by atoms with Crippen molar-refractivity contribution in [3.05, 3.63) is 23.3 Å². The quantitative estimate of drug-likeness (QED) is 0.247. The van der Waals surface area contributed by atoms with Crippen molar-refractivity contribution in [2.24, 2.45) is 0 Å². The minimum Gasteiger partial charge on any atom is -0.413 e. The summed E-state index contributed by atoms with van der Waals surface area (Å²) in [6, 6.07) is 0. The first-order valence-corrected chi connectivity index (χ1v) is 11.0. The number of rotatable bonds is 9. The fraction of sp³-hybridized carbons (Fsp3) is 0.684. The molecule has 0 saturated heterocycles. The van der Waals surface area contributed by atoms with Gasteiger partial charge in [-0.15, -0.1) is 6.42 Å². The van der Waals surface area contributed by atoms with Crippen LogP contribution in [0.5, 0.6) is 0 Å². The van der Waals surface area contributed by atoms with Gasteiger partial charge in [-0.05, 0) is 44.8 Å². The number of ether oxygens (including phenoxy) is 1. The number of allylic oxidation sites excluding steroid dienone is 2. The third kappa shape index (κ3) is 9.25. The number of terminal acetylenes is 1. The molecule has 0 atom stereocenters. The molecule has 0 rings (SSSR count). The minimum absolute atomic E-state index is 0.271. The van der Waals surface area contributed by atoms with Crippen molar-refractivity contribution in [3.63, 3.8) is 0 Å². The molecule has 126 valence electrons. The smallest absolute Gasteiger partial charge is 0.192 e. The van der Waals surface area contributed by atoms with Crippen LogP contribution in [0, 0.1) is 12.3 Å².